The van der Waals surface area contributed by atoms with Gasteiger partial charge in [0.25, 0.3) is 6.43 Å². The second kappa shape index (κ2) is 12.9. The number of aliphatic carboxylic acids is 1. The number of nitrogens with zero attached hydrogens (tertiary/aromatic N) is 6. The summed E-state index contributed by atoms with van der Waals surface area (Å²) < 4.78 is 52.5. The molecule has 7 heterocycles. The van der Waals surface area contributed by atoms with Crippen LogP contribution in [0.15, 0.2) is 40.9 Å². The van der Waals surface area contributed by atoms with Crippen LogP contribution in [0.1, 0.15) is 51.4 Å². The lowest BCUT2D eigenvalue weighted by molar-refractivity contribution is -0.228. The Hall–Kier alpha value is -4.58. The quantitative estimate of drug-likeness (QED) is 0.264. The number of pyridine rings is 1. The van der Waals surface area contributed by atoms with E-state index < -0.39 is 36.0 Å². The van der Waals surface area contributed by atoms with Crippen LogP contribution in [-0.4, -0.2) is 107 Å². The van der Waals surface area contributed by atoms with E-state index in [1.165, 1.54) is 4.90 Å². The van der Waals surface area contributed by atoms with Crippen LogP contribution >= 0.6 is 0 Å². The number of anilines is 2. The van der Waals surface area contributed by atoms with E-state index in [4.69, 9.17) is 23.6 Å². The highest BCUT2D eigenvalue weighted by Gasteiger charge is 2.50. The largest absolute Gasteiger partial charge is 0.480 e. The summed E-state index contributed by atoms with van der Waals surface area (Å²) in [6, 6.07) is 7.71. The highest BCUT2D eigenvalue weighted by molar-refractivity contribution is 6.06. The number of alkyl halides is 2. The van der Waals surface area contributed by atoms with E-state index in [2.05, 4.69) is 52.4 Å². The monoisotopic (exact) mass is 702 g/mol. The van der Waals surface area contributed by atoms with Crippen LogP contribution < -0.4 is 14.5 Å². The SMILES string of the molecule is C[C@@H]1N(c2cc(C#CCN3CCC(C)(C)C3)cnc2O[C@H]2C[C@@H](C(=O)O)N(c3nc(C(F)F)nc4c3oc3ccccc34)C2)CCOC12COC2. The van der Waals surface area contributed by atoms with Crippen molar-refractivity contribution in [1.29, 1.82) is 0 Å². The summed E-state index contributed by atoms with van der Waals surface area (Å²) in [7, 11) is 0. The van der Waals surface area contributed by atoms with Gasteiger partial charge in [0, 0.05) is 36.7 Å². The van der Waals surface area contributed by atoms with Crippen molar-refractivity contribution in [2.75, 3.05) is 62.3 Å². The van der Waals surface area contributed by atoms with Crippen molar-refractivity contribution in [1.82, 2.24) is 19.9 Å². The number of likely N-dealkylation sites (tertiary alicyclic amines) is 1. The van der Waals surface area contributed by atoms with Gasteiger partial charge in [-0.05, 0) is 43.5 Å². The first kappa shape index (κ1) is 33.6. The third-order valence-corrected chi connectivity index (χ3v) is 10.6. The van der Waals surface area contributed by atoms with Crippen LogP contribution in [0, 0.1) is 17.3 Å². The smallest absolute Gasteiger partial charge is 0.326 e. The molecular formula is C37H40F2N6O6. The Morgan fingerprint density at radius 1 is 1.18 bits per heavy atom. The lowest BCUT2D eigenvalue weighted by Crippen LogP contribution is -2.68. The summed E-state index contributed by atoms with van der Waals surface area (Å²) in [5.74, 6) is 5.07. The Morgan fingerprint density at radius 3 is 2.73 bits per heavy atom. The van der Waals surface area contributed by atoms with Gasteiger partial charge in [0.05, 0.1) is 39.0 Å². The number of benzene rings is 1. The van der Waals surface area contributed by atoms with E-state index >= 15 is 0 Å². The first-order valence-electron chi connectivity index (χ1n) is 17.3. The number of hydrogen-bond acceptors (Lipinski definition) is 11. The molecule has 8 rings (SSSR count). The summed E-state index contributed by atoms with van der Waals surface area (Å²) in [6.07, 6.45) is -0.783. The molecule has 4 aliphatic heterocycles. The van der Waals surface area contributed by atoms with Crippen LogP contribution in [0.3, 0.4) is 0 Å². The first-order chi connectivity index (χ1) is 24.5. The average Bonchev–Trinajstić information content (AvgIpc) is 3.79. The molecule has 4 saturated heterocycles. The van der Waals surface area contributed by atoms with Crippen molar-refractivity contribution in [3.8, 4) is 17.7 Å². The van der Waals surface area contributed by atoms with Gasteiger partial charge in [-0.15, -0.1) is 0 Å². The number of hydrogen-bond donors (Lipinski definition) is 1. The van der Waals surface area contributed by atoms with E-state index in [-0.39, 0.29) is 41.3 Å². The van der Waals surface area contributed by atoms with Gasteiger partial charge in [-0.3, -0.25) is 4.90 Å². The molecule has 4 aliphatic rings. The minimum atomic E-state index is -2.98. The van der Waals surface area contributed by atoms with Crippen LogP contribution in [0.25, 0.3) is 22.1 Å². The number of morpholine rings is 1. The van der Waals surface area contributed by atoms with Crippen LogP contribution in [0.5, 0.6) is 5.88 Å². The molecule has 0 bridgehead atoms. The predicted molar refractivity (Wildman–Crippen MR) is 184 cm³/mol. The zero-order chi connectivity index (χ0) is 35.5. The molecule has 0 amide bonds. The maximum absolute atomic E-state index is 14.1. The van der Waals surface area contributed by atoms with Crippen molar-refractivity contribution in [2.45, 2.75) is 63.8 Å². The highest BCUT2D eigenvalue weighted by atomic mass is 19.3. The number of carboxylic acids is 1. The van der Waals surface area contributed by atoms with E-state index in [0.29, 0.717) is 49.8 Å². The first-order valence-corrected chi connectivity index (χ1v) is 17.3. The van der Waals surface area contributed by atoms with E-state index in [1.54, 1.807) is 30.5 Å². The number of fused-ring (bicyclic) bond motifs is 3. The number of aromatic nitrogens is 3. The number of carbonyl (C=O) groups is 1. The van der Waals surface area contributed by atoms with Crippen molar-refractivity contribution < 1.29 is 37.3 Å². The molecule has 0 radical (unpaired) electrons. The standard InChI is InChI=1S/C37H40F2N6O6/c1-22-37(20-48-21-37)49-14-13-44(22)26-15-23(7-6-11-43-12-10-36(2,3)19-43)17-40-34(26)50-24-16-27(35(46)47)45(18-24)33-30-29(41-32(42-33)31(38)39)25-8-4-5-9-28(25)51-30/h4-5,8-9,15,17,22,24,27,31H,10-14,16,18-21H2,1-3H3,(H,46,47)/t22-,24-,27-/m0/s1. The van der Waals surface area contributed by atoms with Crippen molar-refractivity contribution in [2.24, 2.45) is 5.41 Å². The van der Waals surface area contributed by atoms with Gasteiger partial charge in [0.15, 0.2) is 17.2 Å². The number of halogens is 2. The number of para-hydroxylation sites is 1. The van der Waals surface area contributed by atoms with Gasteiger partial charge in [-0.2, -0.15) is 0 Å². The second-order valence-corrected chi connectivity index (χ2v) is 14.7. The fourth-order valence-corrected chi connectivity index (χ4v) is 7.71. The van der Waals surface area contributed by atoms with Crippen molar-refractivity contribution in [3.05, 3.63) is 47.9 Å². The van der Waals surface area contributed by atoms with Crippen LogP contribution in [0.4, 0.5) is 20.3 Å². The molecule has 3 aromatic heterocycles. The molecule has 0 unspecified atom stereocenters. The number of furan rings is 1. The van der Waals surface area contributed by atoms with Crippen LogP contribution in [-0.2, 0) is 14.3 Å². The summed E-state index contributed by atoms with van der Waals surface area (Å²) in [4.78, 5) is 31.7. The molecule has 0 saturated carbocycles. The van der Waals surface area contributed by atoms with Crippen molar-refractivity contribution >= 4 is 39.5 Å². The zero-order valence-electron chi connectivity index (χ0n) is 28.8. The molecule has 1 N–H and O–H groups in total. The second-order valence-electron chi connectivity index (χ2n) is 14.7. The van der Waals surface area contributed by atoms with E-state index in [1.807, 2.05) is 6.07 Å². The summed E-state index contributed by atoms with van der Waals surface area (Å²) in [5, 5.41) is 10.9. The fraction of sp³-hybridized carbons (Fsp3) is 0.514. The number of carboxylic acid groups (broad SMARTS) is 1. The fourth-order valence-electron chi connectivity index (χ4n) is 7.71. The molecule has 14 heteroatoms. The molecule has 4 aromatic rings. The molecule has 1 aromatic carbocycles. The van der Waals surface area contributed by atoms with Gasteiger partial charge in [0.1, 0.15) is 34.5 Å². The van der Waals surface area contributed by atoms with Crippen LogP contribution in [0.2, 0.25) is 0 Å². The zero-order valence-corrected chi connectivity index (χ0v) is 28.8. The number of rotatable bonds is 7. The third kappa shape index (κ3) is 6.21. The Labute approximate surface area is 293 Å². The predicted octanol–water partition coefficient (Wildman–Crippen LogP) is 4.90. The molecule has 268 valence electrons. The van der Waals surface area contributed by atoms with Gasteiger partial charge < -0.3 is 33.5 Å². The van der Waals surface area contributed by atoms with Crippen molar-refractivity contribution in [3.63, 3.8) is 0 Å². The molecule has 4 fully saturated rings. The lowest BCUT2D eigenvalue weighted by atomic mass is 9.90. The maximum atomic E-state index is 14.1. The van der Waals surface area contributed by atoms with Gasteiger partial charge in [-0.25, -0.2) is 28.5 Å². The lowest BCUT2D eigenvalue weighted by Gasteiger charge is -2.53. The van der Waals surface area contributed by atoms with E-state index in [9.17, 15) is 18.7 Å². The van der Waals surface area contributed by atoms with Gasteiger partial charge in [-0.1, -0.05) is 37.8 Å². The molecule has 0 aliphatic carbocycles. The highest BCUT2D eigenvalue weighted by Crippen LogP contribution is 2.41. The Kier molecular flexibility index (Phi) is 8.47. The normalized spacial score (nSPS) is 24.3. The summed E-state index contributed by atoms with van der Waals surface area (Å²) >= 11 is 0. The maximum Gasteiger partial charge on any atom is 0.326 e. The Morgan fingerprint density at radius 2 is 2.00 bits per heavy atom. The summed E-state index contributed by atoms with van der Waals surface area (Å²) in [6.45, 7) is 11.4. The molecule has 12 nitrogen and oxygen atoms in total. The topological polar surface area (TPSA) is 127 Å². The van der Waals surface area contributed by atoms with Gasteiger partial charge in [0.2, 0.25) is 5.88 Å². The summed E-state index contributed by atoms with van der Waals surface area (Å²) in [5.41, 5.74) is 2.06. The minimum Gasteiger partial charge on any atom is -0.480 e. The Bertz CT molecular complexity index is 2040. The number of ether oxygens (including phenoxy) is 3. The minimum absolute atomic E-state index is 0.0149. The Balaban J connectivity index is 1.12. The van der Waals surface area contributed by atoms with Gasteiger partial charge >= 0.3 is 5.97 Å². The molecule has 51 heavy (non-hydrogen) atoms. The van der Waals surface area contributed by atoms with E-state index in [0.717, 1.165) is 30.8 Å². The molecule has 3 atom stereocenters. The average molecular weight is 703 g/mol. The molecular weight excluding hydrogens is 662 g/mol. The third-order valence-electron chi connectivity index (χ3n) is 10.6. The molecule has 1 spiro atoms.